The third kappa shape index (κ3) is 5.11. The van der Waals surface area contributed by atoms with E-state index in [1.807, 2.05) is 6.92 Å². The van der Waals surface area contributed by atoms with Gasteiger partial charge in [-0.2, -0.15) is 0 Å². The van der Waals surface area contributed by atoms with Crippen molar-refractivity contribution in [3.8, 4) is 0 Å². The van der Waals surface area contributed by atoms with E-state index in [2.05, 4.69) is 10.6 Å². The molecule has 0 aromatic heterocycles. The molecule has 2 unspecified atom stereocenters. The number of piperidine rings is 1. The number of likely N-dealkylation sites (tertiary alicyclic amines) is 1. The van der Waals surface area contributed by atoms with Crippen LogP contribution in [0.25, 0.3) is 0 Å². The minimum Gasteiger partial charge on any atom is -0.481 e. The highest BCUT2D eigenvalue weighted by molar-refractivity contribution is 5.84. The Morgan fingerprint density at radius 3 is 2.43 bits per heavy atom. The lowest BCUT2D eigenvalue weighted by atomic mass is 9.93. The lowest BCUT2D eigenvalue weighted by molar-refractivity contribution is -0.146. The van der Waals surface area contributed by atoms with Crippen molar-refractivity contribution in [2.45, 2.75) is 64.0 Å². The summed E-state index contributed by atoms with van der Waals surface area (Å²) in [5.74, 6) is -1.59. The summed E-state index contributed by atoms with van der Waals surface area (Å²) in [7, 11) is 0. The SMILES string of the molecule is CC1CCC(C(=O)O)CN1C(=O)CNC(=O)NC1CCCCC1. The van der Waals surface area contributed by atoms with Crippen molar-refractivity contribution in [3.63, 3.8) is 0 Å². The maximum absolute atomic E-state index is 12.3. The van der Waals surface area contributed by atoms with Gasteiger partial charge in [-0.25, -0.2) is 4.79 Å². The second-order valence-electron chi connectivity index (χ2n) is 6.67. The van der Waals surface area contributed by atoms with Crippen LogP contribution >= 0.6 is 0 Å². The Bertz CT molecular complexity index is 449. The lowest BCUT2D eigenvalue weighted by Gasteiger charge is -2.36. The van der Waals surface area contributed by atoms with Gasteiger partial charge in [0.1, 0.15) is 0 Å². The highest BCUT2D eigenvalue weighted by Crippen LogP contribution is 2.22. The predicted octanol–water partition coefficient (Wildman–Crippen LogP) is 1.33. The van der Waals surface area contributed by atoms with Gasteiger partial charge in [0, 0.05) is 18.6 Å². The quantitative estimate of drug-likeness (QED) is 0.726. The summed E-state index contributed by atoms with van der Waals surface area (Å²) >= 11 is 0. The van der Waals surface area contributed by atoms with Gasteiger partial charge in [-0.15, -0.1) is 0 Å². The van der Waals surface area contributed by atoms with Crippen LogP contribution < -0.4 is 10.6 Å². The highest BCUT2D eigenvalue weighted by atomic mass is 16.4. The highest BCUT2D eigenvalue weighted by Gasteiger charge is 2.32. The Morgan fingerprint density at radius 1 is 1.09 bits per heavy atom. The third-order valence-corrected chi connectivity index (χ3v) is 4.89. The fourth-order valence-corrected chi connectivity index (χ4v) is 3.40. The monoisotopic (exact) mass is 325 g/mol. The van der Waals surface area contributed by atoms with Gasteiger partial charge >= 0.3 is 12.0 Å². The predicted molar refractivity (Wildman–Crippen MR) is 84.9 cm³/mol. The van der Waals surface area contributed by atoms with E-state index >= 15 is 0 Å². The van der Waals surface area contributed by atoms with E-state index in [4.69, 9.17) is 5.11 Å². The summed E-state index contributed by atoms with van der Waals surface area (Å²) in [6.45, 7) is 2.05. The summed E-state index contributed by atoms with van der Waals surface area (Å²) in [5, 5.41) is 14.6. The van der Waals surface area contributed by atoms with Gasteiger partial charge < -0.3 is 20.6 Å². The van der Waals surface area contributed by atoms with Crippen molar-refractivity contribution in [2.75, 3.05) is 13.1 Å². The van der Waals surface area contributed by atoms with Crippen LogP contribution in [0.5, 0.6) is 0 Å². The van der Waals surface area contributed by atoms with Crippen molar-refractivity contribution in [1.29, 1.82) is 0 Å². The van der Waals surface area contributed by atoms with Crippen molar-refractivity contribution in [3.05, 3.63) is 0 Å². The molecule has 1 saturated heterocycles. The minimum atomic E-state index is -0.863. The van der Waals surface area contributed by atoms with Crippen molar-refractivity contribution >= 4 is 17.9 Å². The van der Waals surface area contributed by atoms with E-state index in [9.17, 15) is 14.4 Å². The molecule has 1 aliphatic carbocycles. The Kier molecular flexibility index (Phi) is 6.24. The Labute approximate surface area is 136 Å². The maximum atomic E-state index is 12.3. The number of carbonyl (C=O) groups is 3. The van der Waals surface area contributed by atoms with Crippen LogP contribution in [0, 0.1) is 5.92 Å². The minimum absolute atomic E-state index is 0.0151. The molecule has 0 aromatic carbocycles. The van der Waals surface area contributed by atoms with E-state index < -0.39 is 11.9 Å². The standard InChI is InChI=1S/C16H27N3O4/c1-11-7-8-12(15(21)22)10-19(11)14(20)9-17-16(23)18-13-5-3-2-4-6-13/h11-13H,2-10H2,1H3,(H,21,22)(H2,17,18,23). The molecule has 1 aliphatic heterocycles. The fourth-order valence-electron chi connectivity index (χ4n) is 3.40. The van der Waals surface area contributed by atoms with Gasteiger partial charge in [0.2, 0.25) is 5.91 Å². The summed E-state index contributed by atoms with van der Waals surface area (Å²) < 4.78 is 0. The molecular formula is C16H27N3O4. The third-order valence-electron chi connectivity index (χ3n) is 4.89. The molecule has 130 valence electrons. The molecule has 7 nitrogen and oxygen atoms in total. The average molecular weight is 325 g/mol. The van der Waals surface area contributed by atoms with E-state index in [-0.39, 0.29) is 37.1 Å². The molecule has 7 heteroatoms. The molecule has 2 atom stereocenters. The molecule has 0 spiro atoms. The number of carbonyl (C=O) groups excluding carboxylic acids is 2. The zero-order valence-electron chi connectivity index (χ0n) is 13.7. The molecule has 2 rings (SSSR count). The van der Waals surface area contributed by atoms with Crippen LogP contribution in [0.2, 0.25) is 0 Å². The molecule has 3 N–H and O–H groups in total. The number of carboxylic acid groups (broad SMARTS) is 1. The largest absolute Gasteiger partial charge is 0.481 e. The molecule has 0 bridgehead atoms. The first-order valence-electron chi connectivity index (χ1n) is 8.54. The topological polar surface area (TPSA) is 98.7 Å². The van der Waals surface area contributed by atoms with Crippen LogP contribution in [0.15, 0.2) is 0 Å². The van der Waals surface area contributed by atoms with Crippen LogP contribution in [0.1, 0.15) is 51.9 Å². The Hall–Kier alpha value is -1.79. The number of rotatable bonds is 4. The number of urea groups is 1. The van der Waals surface area contributed by atoms with Crippen LogP contribution in [-0.4, -0.2) is 53.1 Å². The number of nitrogens with zero attached hydrogens (tertiary/aromatic N) is 1. The molecule has 23 heavy (non-hydrogen) atoms. The van der Waals surface area contributed by atoms with Crippen molar-refractivity contribution < 1.29 is 19.5 Å². The normalized spacial score (nSPS) is 25.7. The number of hydrogen-bond acceptors (Lipinski definition) is 3. The van der Waals surface area contributed by atoms with Gasteiger partial charge in [-0.1, -0.05) is 19.3 Å². The van der Waals surface area contributed by atoms with E-state index in [0.29, 0.717) is 12.8 Å². The second kappa shape index (κ2) is 8.17. The van der Waals surface area contributed by atoms with Crippen LogP contribution in [0.3, 0.4) is 0 Å². The summed E-state index contributed by atoms with van der Waals surface area (Å²) in [4.78, 5) is 36.8. The number of amides is 3. The summed E-state index contributed by atoms with van der Waals surface area (Å²) in [5.41, 5.74) is 0. The Morgan fingerprint density at radius 2 is 1.78 bits per heavy atom. The second-order valence-corrected chi connectivity index (χ2v) is 6.67. The zero-order valence-corrected chi connectivity index (χ0v) is 13.7. The van der Waals surface area contributed by atoms with Crippen molar-refractivity contribution in [2.24, 2.45) is 5.92 Å². The first kappa shape index (κ1) is 17.6. The van der Waals surface area contributed by atoms with Crippen LogP contribution in [-0.2, 0) is 9.59 Å². The molecule has 2 aliphatic rings. The van der Waals surface area contributed by atoms with E-state index in [0.717, 1.165) is 25.7 Å². The van der Waals surface area contributed by atoms with Gasteiger partial charge in [-0.05, 0) is 32.6 Å². The summed E-state index contributed by atoms with van der Waals surface area (Å²) in [6, 6.07) is -0.102. The molecule has 1 heterocycles. The number of hydrogen-bond donors (Lipinski definition) is 3. The van der Waals surface area contributed by atoms with Gasteiger partial charge in [0.05, 0.1) is 12.5 Å². The smallest absolute Gasteiger partial charge is 0.315 e. The average Bonchev–Trinajstić information content (AvgIpc) is 2.53. The number of nitrogens with one attached hydrogen (secondary N) is 2. The molecular weight excluding hydrogens is 298 g/mol. The lowest BCUT2D eigenvalue weighted by Crippen LogP contribution is -2.52. The van der Waals surface area contributed by atoms with Crippen molar-refractivity contribution in [1.82, 2.24) is 15.5 Å². The molecule has 3 amide bonds. The first-order valence-corrected chi connectivity index (χ1v) is 8.54. The van der Waals surface area contributed by atoms with Crippen LogP contribution in [0.4, 0.5) is 4.79 Å². The number of aliphatic carboxylic acids is 1. The van der Waals surface area contributed by atoms with E-state index in [1.165, 1.54) is 6.42 Å². The zero-order chi connectivity index (χ0) is 16.8. The maximum Gasteiger partial charge on any atom is 0.315 e. The van der Waals surface area contributed by atoms with Gasteiger partial charge in [0.15, 0.2) is 0 Å². The summed E-state index contributed by atoms with van der Waals surface area (Å²) in [6.07, 6.45) is 6.73. The molecule has 1 saturated carbocycles. The van der Waals surface area contributed by atoms with Gasteiger partial charge in [0.25, 0.3) is 0 Å². The molecule has 0 aromatic rings. The van der Waals surface area contributed by atoms with Gasteiger partial charge in [-0.3, -0.25) is 9.59 Å². The molecule has 2 fully saturated rings. The molecule has 0 radical (unpaired) electrons. The fraction of sp³-hybridized carbons (Fsp3) is 0.812. The Balaban J connectivity index is 1.76. The van der Waals surface area contributed by atoms with E-state index in [1.54, 1.807) is 4.90 Å². The first-order chi connectivity index (χ1) is 11.0. The number of carboxylic acids is 1.